The molecular weight excluding hydrogens is 275 g/mol. The quantitative estimate of drug-likeness (QED) is 0.780. The highest BCUT2D eigenvalue weighted by atomic mass is 35.5. The zero-order valence-electron chi connectivity index (χ0n) is 8.78. The van der Waals surface area contributed by atoms with Gasteiger partial charge in [-0.3, -0.25) is 4.79 Å². The summed E-state index contributed by atoms with van der Waals surface area (Å²) in [5.41, 5.74) is 3.25. The molecule has 18 heavy (non-hydrogen) atoms. The van der Waals surface area contributed by atoms with E-state index in [0.29, 0.717) is 6.07 Å². The number of benzene rings is 1. The van der Waals surface area contributed by atoms with Crippen molar-refractivity contribution in [1.29, 1.82) is 0 Å². The van der Waals surface area contributed by atoms with Crippen LogP contribution in [0.3, 0.4) is 0 Å². The molecule has 0 saturated heterocycles. The number of carbonyl (C=O) groups is 1. The van der Waals surface area contributed by atoms with Crippen LogP contribution in [0.25, 0.3) is 0 Å². The predicted molar refractivity (Wildman–Crippen MR) is 56.6 cm³/mol. The van der Waals surface area contributed by atoms with E-state index in [1.807, 2.05) is 0 Å². The van der Waals surface area contributed by atoms with Gasteiger partial charge in [-0.1, -0.05) is 17.7 Å². The molecule has 2 atom stereocenters. The lowest BCUT2D eigenvalue weighted by Gasteiger charge is -2.17. The first-order valence-electron chi connectivity index (χ1n) is 4.66. The normalized spacial score (nSPS) is 15.2. The van der Waals surface area contributed by atoms with Crippen LogP contribution >= 0.6 is 11.6 Å². The van der Waals surface area contributed by atoms with Gasteiger partial charge >= 0.3 is 6.18 Å². The van der Waals surface area contributed by atoms with Crippen molar-refractivity contribution in [3.63, 3.8) is 0 Å². The number of hydrogen-bond donors (Lipinski definition) is 3. The lowest BCUT2D eigenvalue weighted by atomic mass is 10.0. The summed E-state index contributed by atoms with van der Waals surface area (Å²) in [5, 5.41) is 18.1. The predicted octanol–water partition coefficient (Wildman–Crippen LogP) is 1.24. The fourth-order valence-corrected chi connectivity index (χ4v) is 1.51. The minimum atomic E-state index is -4.70. The minimum absolute atomic E-state index is 0.307. The first-order valence-corrected chi connectivity index (χ1v) is 5.04. The average molecular weight is 284 g/mol. The zero-order chi connectivity index (χ0) is 14.1. The van der Waals surface area contributed by atoms with Crippen molar-refractivity contribution in [3.8, 4) is 0 Å². The van der Waals surface area contributed by atoms with Crippen LogP contribution in [0.1, 0.15) is 17.2 Å². The molecule has 0 aliphatic heterocycles. The molecule has 1 aromatic carbocycles. The number of hydrogen-bond acceptors (Lipinski definition) is 3. The van der Waals surface area contributed by atoms with Gasteiger partial charge in [0.25, 0.3) is 0 Å². The maximum absolute atomic E-state index is 12.5. The highest BCUT2D eigenvalue weighted by Crippen LogP contribution is 2.36. The van der Waals surface area contributed by atoms with Crippen LogP contribution < -0.4 is 5.73 Å². The van der Waals surface area contributed by atoms with Gasteiger partial charge in [0.15, 0.2) is 6.10 Å². The summed E-state index contributed by atoms with van der Waals surface area (Å²) in [4.78, 5) is 10.6. The second-order valence-electron chi connectivity index (χ2n) is 3.53. The number of carbonyl (C=O) groups excluding carboxylic acids is 1. The smallest absolute Gasteiger partial charge is 0.385 e. The van der Waals surface area contributed by atoms with Crippen molar-refractivity contribution in [1.82, 2.24) is 0 Å². The van der Waals surface area contributed by atoms with Crippen LogP contribution in [0.4, 0.5) is 13.2 Å². The van der Waals surface area contributed by atoms with E-state index >= 15 is 0 Å². The van der Waals surface area contributed by atoms with E-state index in [2.05, 4.69) is 0 Å². The lowest BCUT2D eigenvalue weighted by molar-refractivity contribution is -0.137. The van der Waals surface area contributed by atoms with E-state index in [-0.39, 0.29) is 5.56 Å². The summed E-state index contributed by atoms with van der Waals surface area (Å²) < 4.78 is 37.6. The van der Waals surface area contributed by atoms with Gasteiger partial charge in [-0.25, -0.2) is 0 Å². The Morgan fingerprint density at radius 3 is 2.33 bits per heavy atom. The average Bonchev–Trinajstić information content (AvgIpc) is 2.26. The standard InChI is InChI=1S/C10H9ClF3NO3/c11-6-2-1-4(3-5(6)10(12,13)14)7(16)8(17)9(15)18/h1-3,7-8,16-17H,(H2,15,18). The van der Waals surface area contributed by atoms with Gasteiger partial charge in [0, 0.05) is 0 Å². The highest BCUT2D eigenvalue weighted by molar-refractivity contribution is 6.31. The van der Waals surface area contributed by atoms with Gasteiger partial charge in [-0.15, -0.1) is 0 Å². The highest BCUT2D eigenvalue weighted by Gasteiger charge is 2.34. The maximum Gasteiger partial charge on any atom is 0.417 e. The molecule has 8 heteroatoms. The molecule has 100 valence electrons. The molecule has 0 spiro atoms. The molecule has 0 radical (unpaired) electrons. The van der Waals surface area contributed by atoms with Crippen molar-refractivity contribution in [3.05, 3.63) is 34.3 Å². The number of alkyl halides is 3. The molecule has 1 amide bonds. The summed E-state index contributed by atoms with van der Waals surface area (Å²) in [6.45, 7) is 0. The van der Waals surface area contributed by atoms with Crippen molar-refractivity contribution >= 4 is 17.5 Å². The van der Waals surface area contributed by atoms with Crippen molar-refractivity contribution in [2.24, 2.45) is 5.73 Å². The summed E-state index contributed by atoms with van der Waals surface area (Å²) in [5.74, 6) is -1.24. The summed E-state index contributed by atoms with van der Waals surface area (Å²) in [6.07, 6.45) is -8.54. The van der Waals surface area contributed by atoms with E-state index in [1.54, 1.807) is 0 Å². The van der Waals surface area contributed by atoms with E-state index in [9.17, 15) is 28.2 Å². The zero-order valence-corrected chi connectivity index (χ0v) is 9.53. The maximum atomic E-state index is 12.5. The number of nitrogens with two attached hydrogens (primary N) is 1. The molecule has 0 bridgehead atoms. The van der Waals surface area contributed by atoms with Crippen molar-refractivity contribution in [2.45, 2.75) is 18.4 Å². The Morgan fingerprint density at radius 1 is 1.33 bits per heavy atom. The molecule has 0 aliphatic carbocycles. The Morgan fingerprint density at radius 2 is 1.89 bits per heavy atom. The fourth-order valence-electron chi connectivity index (χ4n) is 1.28. The van der Waals surface area contributed by atoms with Crippen LogP contribution in [0, 0.1) is 0 Å². The summed E-state index contributed by atoms with van der Waals surface area (Å²) in [6, 6.07) is 2.53. The Hall–Kier alpha value is -1.31. The summed E-state index contributed by atoms with van der Waals surface area (Å²) >= 11 is 5.37. The fraction of sp³-hybridized carbons (Fsp3) is 0.300. The Kier molecular flexibility index (Phi) is 4.20. The van der Waals surface area contributed by atoms with Crippen molar-refractivity contribution in [2.75, 3.05) is 0 Å². The van der Waals surface area contributed by atoms with Crippen LogP contribution in [-0.2, 0) is 11.0 Å². The Labute approximate surface area is 105 Å². The Bertz CT molecular complexity index is 464. The van der Waals surface area contributed by atoms with Gasteiger partial charge in [0.05, 0.1) is 10.6 Å². The number of halogens is 4. The minimum Gasteiger partial charge on any atom is -0.385 e. The Balaban J connectivity index is 3.17. The van der Waals surface area contributed by atoms with Gasteiger partial charge in [-0.2, -0.15) is 13.2 Å². The number of primary amides is 1. The van der Waals surface area contributed by atoms with Crippen molar-refractivity contribution < 1.29 is 28.2 Å². The molecule has 4 nitrogen and oxygen atoms in total. The first-order chi connectivity index (χ1) is 8.14. The SMILES string of the molecule is NC(=O)C(O)C(O)c1ccc(Cl)c(C(F)(F)F)c1. The molecule has 0 saturated carbocycles. The number of aliphatic hydroxyl groups is 2. The molecule has 0 fully saturated rings. The number of amides is 1. The molecule has 2 unspecified atom stereocenters. The topological polar surface area (TPSA) is 83.6 Å². The third-order valence-electron chi connectivity index (χ3n) is 2.23. The number of rotatable bonds is 3. The lowest BCUT2D eigenvalue weighted by Crippen LogP contribution is -2.34. The van der Waals surface area contributed by atoms with Crippen LogP contribution in [0.2, 0.25) is 5.02 Å². The van der Waals surface area contributed by atoms with Gasteiger partial charge in [0.1, 0.15) is 6.10 Å². The third kappa shape index (κ3) is 3.12. The van der Waals surface area contributed by atoms with E-state index in [0.717, 1.165) is 12.1 Å². The molecule has 0 heterocycles. The van der Waals surface area contributed by atoms with E-state index in [4.69, 9.17) is 17.3 Å². The van der Waals surface area contributed by atoms with Gasteiger partial charge in [0.2, 0.25) is 5.91 Å². The molecular formula is C10H9ClF3NO3. The monoisotopic (exact) mass is 283 g/mol. The molecule has 4 N–H and O–H groups in total. The molecule has 0 aliphatic rings. The second-order valence-corrected chi connectivity index (χ2v) is 3.94. The largest absolute Gasteiger partial charge is 0.417 e. The molecule has 0 aromatic heterocycles. The van der Waals surface area contributed by atoms with Crippen LogP contribution in [0.15, 0.2) is 18.2 Å². The van der Waals surface area contributed by atoms with Gasteiger partial charge < -0.3 is 15.9 Å². The first kappa shape index (κ1) is 14.7. The van der Waals surface area contributed by atoms with Crippen LogP contribution in [0.5, 0.6) is 0 Å². The molecule has 1 rings (SSSR count). The second kappa shape index (κ2) is 5.13. The van der Waals surface area contributed by atoms with E-state index < -0.39 is 34.9 Å². The van der Waals surface area contributed by atoms with Gasteiger partial charge in [-0.05, 0) is 17.7 Å². The number of aliphatic hydroxyl groups excluding tert-OH is 2. The van der Waals surface area contributed by atoms with E-state index in [1.165, 1.54) is 0 Å². The molecule has 1 aromatic rings. The summed E-state index contributed by atoms with van der Waals surface area (Å²) in [7, 11) is 0. The third-order valence-corrected chi connectivity index (χ3v) is 2.56. The van der Waals surface area contributed by atoms with Crippen LogP contribution in [-0.4, -0.2) is 22.2 Å².